The number of fused-ring (bicyclic) bond motifs is 1. The number of carbonyl (C=O) groups is 1. The summed E-state index contributed by atoms with van der Waals surface area (Å²) in [6.07, 6.45) is 6.19. The van der Waals surface area contributed by atoms with Crippen LogP contribution in [0.15, 0.2) is 41.3 Å². The standard InChI is InChI=1S/C23H28N4O3/c1-14-25-21(12-22(28)26-14)20(11-16-13-24-19-9-4-3-8-18(16)19)27-23(29)15-6-5-7-17(10-15)30-2/h3-4,8-9,12-13,15,17,20,24H,5-7,10-11H2,1-2H3,(H,27,29)(H,25,26,28)/t15-,17-,20-/m1/s1. The Morgan fingerprint density at radius 3 is 2.97 bits per heavy atom. The zero-order valence-electron chi connectivity index (χ0n) is 17.4. The Bertz CT molecular complexity index is 1090. The van der Waals surface area contributed by atoms with E-state index < -0.39 is 0 Å². The van der Waals surface area contributed by atoms with E-state index in [0.717, 1.165) is 42.1 Å². The second-order valence-electron chi connectivity index (χ2n) is 8.10. The van der Waals surface area contributed by atoms with Crippen molar-refractivity contribution in [3.8, 4) is 0 Å². The number of nitrogens with zero attached hydrogens (tertiary/aromatic N) is 1. The minimum atomic E-state index is -0.388. The molecule has 2 aromatic heterocycles. The lowest BCUT2D eigenvalue weighted by atomic mass is 9.86. The smallest absolute Gasteiger partial charge is 0.251 e. The van der Waals surface area contributed by atoms with E-state index in [1.54, 1.807) is 14.0 Å². The van der Waals surface area contributed by atoms with E-state index in [2.05, 4.69) is 26.3 Å². The number of aromatic nitrogens is 3. The van der Waals surface area contributed by atoms with Crippen LogP contribution in [0.5, 0.6) is 0 Å². The lowest BCUT2D eigenvalue weighted by Gasteiger charge is -2.29. The molecule has 1 aromatic carbocycles. The Morgan fingerprint density at radius 2 is 2.17 bits per heavy atom. The molecule has 1 saturated carbocycles. The molecule has 0 aliphatic heterocycles. The minimum absolute atomic E-state index is 0.00123. The highest BCUT2D eigenvalue weighted by atomic mass is 16.5. The summed E-state index contributed by atoms with van der Waals surface area (Å²) in [5, 5.41) is 4.29. The number of hydrogen-bond acceptors (Lipinski definition) is 4. The topological polar surface area (TPSA) is 99.9 Å². The van der Waals surface area contributed by atoms with Crippen molar-refractivity contribution < 1.29 is 9.53 Å². The predicted octanol–water partition coefficient (Wildman–Crippen LogP) is 3.16. The van der Waals surface area contributed by atoms with Gasteiger partial charge in [0.2, 0.25) is 5.91 Å². The Kier molecular flexibility index (Phi) is 5.99. The minimum Gasteiger partial charge on any atom is -0.381 e. The molecule has 2 heterocycles. The number of benzene rings is 1. The molecule has 158 valence electrons. The monoisotopic (exact) mass is 408 g/mol. The molecule has 1 aliphatic rings. The quantitative estimate of drug-likeness (QED) is 0.583. The fourth-order valence-electron chi connectivity index (χ4n) is 4.42. The number of para-hydroxylation sites is 1. The second-order valence-corrected chi connectivity index (χ2v) is 8.10. The lowest BCUT2D eigenvalue weighted by Crippen LogP contribution is -2.39. The third-order valence-corrected chi connectivity index (χ3v) is 5.98. The Hall–Kier alpha value is -2.93. The fourth-order valence-corrected chi connectivity index (χ4v) is 4.42. The van der Waals surface area contributed by atoms with Gasteiger partial charge < -0.3 is 20.0 Å². The first-order chi connectivity index (χ1) is 14.5. The molecule has 0 bridgehead atoms. The van der Waals surface area contributed by atoms with Crippen LogP contribution in [-0.4, -0.2) is 34.1 Å². The van der Waals surface area contributed by atoms with E-state index in [4.69, 9.17) is 4.74 Å². The molecule has 1 fully saturated rings. The van der Waals surface area contributed by atoms with Gasteiger partial charge in [0, 0.05) is 42.6 Å². The summed E-state index contributed by atoms with van der Waals surface area (Å²) < 4.78 is 5.48. The molecule has 3 N–H and O–H groups in total. The van der Waals surface area contributed by atoms with Crippen LogP contribution in [0.3, 0.4) is 0 Å². The molecule has 30 heavy (non-hydrogen) atoms. The van der Waals surface area contributed by atoms with Gasteiger partial charge in [0.1, 0.15) is 5.82 Å². The van der Waals surface area contributed by atoms with Gasteiger partial charge in [-0.05, 0) is 37.8 Å². The molecule has 0 unspecified atom stereocenters. The maximum Gasteiger partial charge on any atom is 0.251 e. The summed E-state index contributed by atoms with van der Waals surface area (Å²) in [5.74, 6) is 0.450. The van der Waals surface area contributed by atoms with Gasteiger partial charge in [0.05, 0.1) is 17.8 Å². The Morgan fingerprint density at radius 1 is 1.33 bits per heavy atom. The van der Waals surface area contributed by atoms with E-state index >= 15 is 0 Å². The van der Waals surface area contributed by atoms with Crippen molar-refractivity contribution in [2.24, 2.45) is 5.92 Å². The number of hydrogen-bond donors (Lipinski definition) is 3. The first-order valence-corrected chi connectivity index (χ1v) is 10.5. The van der Waals surface area contributed by atoms with Crippen molar-refractivity contribution in [3.63, 3.8) is 0 Å². The predicted molar refractivity (Wildman–Crippen MR) is 115 cm³/mol. The van der Waals surface area contributed by atoms with Gasteiger partial charge in [-0.2, -0.15) is 0 Å². The average molecular weight is 409 g/mol. The normalized spacial score (nSPS) is 20.2. The zero-order valence-corrected chi connectivity index (χ0v) is 17.4. The summed E-state index contributed by atoms with van der Waals surface area (Å²) in [6.45, 7) is 1.75. The summed E-state index contributed by atoms with van der Waals surface area (Å²) in [6, 6.07) is 9.15. The molecule has 1 amide bonds. The highest BCUT2D eigenvalue weighted by Gasteiger charge is 2.29. The maximum absolute atomic E-state index is 13.1. The van der Waals surface area contributed by atoms with Gasteiger partial charge in [-0.25, -0.2) is 4.98 Å². The summed E-state index contributed by atoms with van der Waals surface area (Å²) in [4.78, 5) is 35.7. The van der Waals surface area contributed by atoms with Crippen LogP contribution in [0.25, 0.3) is 10.9 Å². The second kappa shape index (κ2) is 8.83. The van der Waals surface area contributed by atoms with E-state index in [9.17, 15) is 9.59 Å². The SMILES string of the molecule is CO[C@@H]1CCC[C@@H](C(=O)N[C@H](Cc2c[nH]c3ccccc23)c2cc(=O)[nH]c(C)n2)C1. The Labute approximate surface area is 175 Å². The van der Waals surface area contributed by atoms with Crippen LogP contribution in [0.2, 0.25) is 0 Å². The van der Waals surface area contributed by atoms with E-state index in [1.807, 2.05) is 24.4 Å². The largest absolute Gasteiger partial charge is 0.381 e. The number of methoxy groups -OCH3 is 1. The van der Waals surface area contributed by atoms with Crippen molar-refractivity contribution in [3.05, 3.63) is 64.0 Å². The van der Waals surface area contributed by atoms with Gasteiger partial charge in [-0.15, -0.1) is 0 Å². The first-order valence-electron chi connectivity index (χ1n) is 10.5. The zero-order chi connectivity index (χ0) is 21.1. The lowest BCUT2D eigenvalue weighted by molar-refractivity contribution is -0.128. The molecule has 0 spiro atoms. The molecular formula is C23H28N4O3. The molecule has 0 saturated heterocycles. The Balaban J connectivity index is 1.61. The molecule has 3 aromatic rings. The number of carbonyl (C=O) groups excluding carboxylic acids is 1. The number of rotatable bonds is 6. The third-order valence-electron chi connectivity index (χ3n) is 5.98. The number of aromatic amines is 2. The maximum atomic E-state index is 13.1. The molecule has 0 radical (unpaired) electrons. The molecular weight excluding hydrogens is 380 g/mol. The van der Waals surface area contributed by atoms with E-state index in [-0.39, 0.29) is 29.5 Å². The van der Waals surface area contributed by atoms with Gasteiger partial charge in [0.15, 0.2) is 0 Å². The fraction of sp³-hybridized carbons (Fsp3) is 0.435. The summed E-state index contributed by atoms with van der Waals surface area (Å²) >= 11 is 0. The van der Waals surface area contributed by atoms with Gasteiger partial charge >= 0.3 is 0 Å². The van der Waals surface area contributed by atoms with Crippen LogP contribution in [0.1, 0.15) is 48.8 Å². The number of amides is 1. The van der Waals surface area contributed by atoms with Gasteiger partial charge in [-0.1, -0.05) is 24.6 Å². The van der Waals surface area contributed by atoms with Crippen LogP contribution >= 0.6 is 0 Å². The van der Waals surface area contributed by atoms with Gasteiger partial charge in [-0.3, -0.25) is 9.59 Å². The van der Waals surface area contributed by atoms with Crippen LogP contribution in [0.4, 0.5) is 0 Å². The van der Waals surface area contributed by atoms with Crippen LogP contribution in [-0.2, 0) is 16.0 Å². The first kappa shape index (κ1) is 20.3. The average Bonchev–Trinajstić information content (AvgIpc) is 3.15. The van der Waals surface area contributed by atoms with Crippen LogP contribution < -0.4 is 10.9 Å². The molecule has 7 heteroatoms. The molecule has 3 atom stereocenters. The van der Waals surface area contributed by atoms with Crippen molar-refractivity contribution in [2.75, 3.05) is 7.11 Å². The highest BCUT2D eigenvalue weighted by Crippen LogP contribution is 2.28. The van der Waals surface area contributed by atoms with E-state index in [1.165, 1.54) is 6.07 Å². The third kappa shape index (κ3) is 4.46. The highest BCUT2D eigenvalue weighted by molar-refractivity contribution is 5.83. The van der Waals surface area contributed by atoms with Gasteiger partial charge in [0.25, 0.3) is 5.56 Å². The summed E-state index contributed by atoms with van der Waals surface area (Å²) in [5.41, 5.74) is 2.48. The number of ether oxygens (including phenoxy) is 1. The molecule has 7 nitrogen and oxygen atoms in total. The summed E-state index contributed by atoms with van der Waals surface area (Å²) in [7, 11) is 1.70. The van der Waals surface area contributed by atoms with Crippen molar-refractivity contribution in [1.29, 1.82) is 0 Å². The molecule has 1 aliphatic carbocycles. The molecule has 4 rings (SSSR count). The van der Waals surface area contributed by atoms with Crippen LogP contribution in [0, 0.1) is 12.8 Å². The number of aryl methyl sites for hydroxylation is 1. The number of nitrogens with one attached hydrogen (secondary N) is 3. The van der Waals surface area contributed by atoms with Crippen molar-refractivity contribution in [1.82, 2.24) is 20.3 Å². The van der Waals surface area contributed by atoms with Crippen molar-refractivity contribution >= 4 is 16.8 Å². The van der Waals surface area contributed by atoms with E-state index in [0.29, 0.717) is 17.9 Å². The van der Waals surface area contributed by atoms with Crippen molar-refractivity contribution in [2.45, 2.75) is 51.2 Å². The number of H-pyrrole nitrogens is 2.